The lowest BCUT2D eigenvalue weighted by molar-refractivity contribution is -0.141. The molecule has 0 spiro atoms. The highest BCUT2D eigenvalue weighted by atomic mass is 32.1. The number of esters is 1. The molecule has 0 bridgehead atoms. The van der Waals surface area contributed by atoms with Crippen molar-refractivity contribution in [3.63, 3.8) is 0 Å². The van der Waals surface area contributed by atoms with E-state index < -0.39 is 0 Å². The van der Waals surface area contributed by atoms with Gasteiger partial charge in [-0.1, -0.05) is 13.0 Å². The van der Waals surface area contributed by atoms with Crippen molar-refractivity contribution in [1.29, 1.82) is 0 Å². The van der Waals surface area contributed by atoms with Crippen molar-refractivity contribution in [2.24, 2.45) is 0 Å². The molecule has 1 amide bonds. The summed E-state index contributed by atoms with van der Waals surface area (Å²) < 4.78 is 4.61. The van der Waals surface area contributed by atoms with Crippen molar-refractivity contribution in [2.45, 2.75) is 19.9 Å². The van der Waals surface area contributed by atoms with Gasteiger partial charge in [0.05, 0.1) is 26.6 Å². The van der Waals surface area contributed by atoms with E-state index in [4.69, 9.17) is 0 Å². The molecule has 0 aliphatic rings. The zero-order chi connectivity index (χ0) is 15.0. The molecule has 0 unspecified atom stereocenters. The van der Waals surface area contributed by atoms with Crippen LogP contribution in [0.2, 0.25) is 0 Å². The first-order valence-electron chi connectivity index (χ1n) is 6.62. The maximum absolute atomic E-state index is 12.1. The highest BCUT2D eigenvalue weighted by Crippen LogP contribution is 2.11. The fourth-order valence-corrected chi connectivity index (χ4v) is 2.49. The van der Waals surface area contributed by atoms with Crippen LogP contribution in [-0.2, 0) is 20.9 Å². The first kappa shape index (κ1) is 16.7. The Morgan fingerprint density at radius 2 is 2.15 bits per heavy atom. The molecular formula is C14H22N2O3S. The van der Waals surface area contributed by atoms with Gasteiger partial charge in [0.15, 0.2) is 0 Å². The van der Waals surface area contributed by atoms with Crippen LogP contribution >= 0.6 is 11.3 Å². The van der Waals surface area contributed by atoms with E-state index in [0.717, 1.165) is 6.54 Å². The van der Waals surface area contributed by atoms with E-state index in [1.54, 1.807) is 23.3 Å². The van der Waals surface area contributed by atoms with Gasteiger partial charge in [-0.3, -0.25) is 14.5 Å². The number of hydrogen-bond acceptors (Lipinski definition) is 5. The normalized spacial score (nSPS) is 10.6. The molecule has 6 heteroatoms. The number of likely N-dealkylation sites (N-methyl/N-ethyl adjacent to an activating group) is 2. The summed E-state index contributed by atoms with van der Waals surface area (Å²) in [6.07, 6.45) is 0.312. The van der Waals surface area contributed by atoms with Crippen LogP contribution in [0, 0.1) is 0 Å². The fourth-order valence-electron chi connectivity index (χ4n) is 1.74. The molecule has 0 aliphatic carbocycles. The molecule has 0 aliphatic heterocycles. The van der Waals surface area contributed by atoms with Crippen molar-refractivity contribution in [3.8, 4) is 0 Å². The minimum absolute atomic E-state index is 0.0603. The summed E-state index contributed by atoms with van der Waals surface area (Å²) in [5, 5.41) is 2.00. The second-order valence-corrected chi connectivity index (χ2v) is 5.56. The summed E-state index contributed by atoms with van der Waals surface area (Å²) in [6.45, 7) is 4.21. The van der Waals surface area contributed by atoms with E-state index in [0.29, 0.717) is 26.1 Å². The lowest BCUT2D eigenvalue weighted by Gasteiger charge is -2.23. The van der Waals surface area contributed by atoms with Gasteiger partial charge in [-0.2, -0.15) is 0 Å². The minimum Gasteiger partial charge on any atom is -0.469 e. The largest absolute Gasteiger partial charge is 0.469 e. The third-order valence-corrected chi connectivity index (χ3v) is 3.93. The summed E-state index contributed by atoms with van der Waals surface area (Å²) in [6, 6.07) is 4.00. The second kappa shape index (κ2) is 8.71. The van der Waals surface area contributed by atoms with Crippen molar-refractivity contribution in [1.82, 2.24) is 9.80 Å². The van der Waals surface area contributed by atoms with E-state index in [1.165, 1.54) is 12.0 Å². The number of carbonyl (C=O) groups is 2. The average molecular weight is 298 g/mol. The lowest BCUT2D eigenvalue weighted by Crippen LogP contribution is -2.38. The molecule has 1 rings (SSSR count). The summed E-state index contributed by atoms with van der Waals surface area (Å²) in [5.74, 6) is -0.187. The Labute approximate surface area is 124 Å². The van der Waals surface area contributed by atoms with Crippen molar-refractivity contribution in [3.05, 3.63) is 22.4 Å². The predicted molar refractivity (Wildman–Crippen MR) is 79.5 cm³/mol. The molecule has 0 saturated heterocycles. The SMILES string of the molecule is CCN(CCC(=O)OC)CC(=O)N(C)Cc1cccs1. The van der Waals surface area contributed by atoms with Gasteiger partial charge in [-0.05, 0) is 18.0 Å². The Morgan fingerprint density at radius 3 is 2.70 bits per heavy atom. The number of ether oxygens (including phenoxy) is 1. The first-order valence-corrected chi connectivity index (χ1v) is 7.50. The summed E-state index contributed by atoms with van der Waals surface area (Å²) in [4.78, 5) is 28.1. The monoisotopic (exact) mass is 298 g/mol. The van der Waals surface area contributed by atoms with Crippen LogP contribution in [0.1, 0.15) is 18.2 Å². The molecule has 1 heterocycles. The summed E-state index contributed by atoms with van der Waals surface area (Å²) in [5.41, 5.74) is 0. The highest BCUT2D eigenvalue weighted by molar-refractivity contribution is 7.09. The standard InChI is InChI=1S/C14H22N2O3S/c1-4-16(8-7-14(18)19-3)11-13(17)15(2)10-12-6-5-9-20-12/h5-6,9H,4,7-8,10-11H2,1-3H3. The third kappa shape index (κ3) is 5.71. The van der Waals surface area contributed by atoms with Gasteiger partial charge >= 0.3 is 5.97 Å². The topological polar surface area (TPSA) is 49.9 Å². The molecule has 0 radical (unpaired) electrons. The van der Waals surface area contributed by atoms with Crippen molar-refractivity contribution >= 4 is 23.2 Å². The zero-order valence-electron chi connectivity index (χ0n) is 12.3. The Balaban J connectivity index is 2.39. The zero-order valence-corrected chi connectivity index (χ0v) is 13.1. The number of thiophene rings is 1. The smallest absolute Gasteiger partial charge is 0.306 e. The molecule has 0 fully saturated rings. The number of nitrogens with zero attached hydrogens (tertiary/aromatic N) is 2. The number of amides is 1. The lowest BCUT2D eigenvalue weighted by atomic mass is 10.3. The molecule has 20 heavy (non-hydrogen) atoms. The van der Waals surface area contributed by atoms with Gasteiger partial charge in [-0.15, -0.1) is 11.3 Å². The minimum atomic E-state index is -0.247. The van der Waals surface area contributed by atoms with Gasteiger partial charge in [0.25, 0.3) is 0 Å². The number of methoxy groups -OCH3 is 1. The van der Waals surface area contributed by atoms with Gasteiger partial charge in [0.1, 0.15) is 0 Å². The highest BCUT2D eigenvalue weighted by Gasteiger charge is 2.15. The van der Waals surface area contributed by atoms with Crippen LogP contribution < -0.4 is 0 Å². The molecular weight excluding hydrogens is 276 g/mol. The molecule has 1 aromatic heterocycles. The van der Waals surface area contributed by atoms with Gasteiger partial charge in [-0.25, -0.2) is 0 Å². The Morgan fingerprint density at radius 1 is 1.40 bits per heavy atom. The fraction of sp³-hybridized carbons (Fsp3) is 0.571. The van der Waals surface area contributed by atoms with E-state index in [2.05, 4.69) is 4.74 Å². The molecule has 5 nitrogen and oxygen atoms in total. The Kier molecular flexibility index (Phi) is 7.25. The molecule has 0 N–H and O–H groups in total. The maximum atomic E-state index is 12.1. The first-order chi connectivity index (χ1) is 9.56. The van der Waals surface area contributed by atoms with E-state index in [9.17, 15) is 9.59 Å². The molecule has 1 aromatic rings. The van der Waals surface area contributed by atoms with Crippen LogP contribution in [0.4, 0.5) is 0 Å². The van der Waals surface area contributed by atoms with E-state index in [-0.39, 0.29) is 11.9 Å². The van der Waals surface area contributed by atoms with Crippen molar-refractivity contribution < 1.29 is 14.3 Å². The van der Waals surface area contributed by atoms with Crippen LogP contribution in [0.3, 0.4) is 0 Å². The van der Waals surface area contributed by atoms with Crippen LogP contribution in [0.5, 0.6) is 0 Å². The van der Waals surface area contributed by atoms with E-state index >= 15 is 0 Å². The van der Waals surface area contributed by atoms with Crippen LogP contribution in [-0.4, -0.2) is 55.5 Å². The number of carbonyl (C=O) groups excluding carboxylic acids is 2. The van der Waals surface area contributed by atoms with Gasteiger partial charge in [0.2, 0.25) is 5.91 Å². The van der Waals surface area contributed by atoms with Crippen LogP contribution in [0.25, 0.3) is 0 Å². The molecule has 0 atom stereocenters. The number of hydrogen-bond donors (Lipinski definition) is 0. The average Bonchev–Trinajstić information content (AvgIpc) is 2.95. The number of rotatable bonds is 8. The maximum Gasteiger partial charge on any atom is 0.306 e. The molecule has 0 aromatic carbocycles. The van der Waals surface area contributed by atoms with E-state index in [1.807, 2.05) is 29.3 Å². The quantitative estimate of drug-likeness (QED) is 0.684. The van der Waals surface area contributed by atoms with Gasteiger partial charge < -0.3 is 9.64 Å². The molecule has 112 valence electrons. The predicted octanol–water partition coefficient (Wildman–Crippen LogP) is 1.59. The Hall–Kier alpha value is -1.40. The summed E-state index contributed by atoms with van der Waals surface area (Å²) in [7, 11) is 3.18. The van der Waals surface area contributed by atoms with Gasteiger partial charge in [0, 0.05) is 18.5 Å². The Bertz CT molecular complexity index is 420. The summed E-state index contributed by atoms with van der Waals surface area (Å²) >= 11 is 1.64. The second-order valence-electron chi connectivity index (χ2n) is 4.52. The van der Waals surface area contributed by atoms with Crippen LogP contribution in [0.15, 0.2) is 17.5 Å². The molecule has 0 saturated carbocycles. The van der Waals surface area contributed by atoms with Crippen molar-refractivity contribution in [2.75, 3.05) is 33.8 Å². The third-order valence-electron chi connectivity index (χ3n) is 3.06.